The van der Waals surface area contributed by atoms with E-state index in [9.17, 15) is 4.79 Å². The van der Waals surface area contributed by atoms with Crippen LogP contribution in [0.25, 0.3) is 22.6 Å². The van der Waals surface area contributed by atoms with Crippen LogP contribution < -0.4 is 5.32 Å². The van der Waals surface area contributed by atoms with Crippen molar-refractivity contribution in [2.45, 2.75) is 18.9 Å². The minimum absolute atomic E-state index is 0.0770. The van der Waals surface area contributed by atoms with E-state index < -0.39 is 0 Å². The number of nitrogens with one attached hydrogen (secondary N) is 1. The number of terminal acetylenes is 1. The highest BCUT2D eigenvalue weighted by atomic mass is 16.3. The number of hydrogen-bond donors (Lipinski definition) is 1. The molecule has 0 spiro atoms. The number of para-hydroxylation sites is 1. The van der Waals surface area contributed by atoms with Gasteiger partial charge in [0.15, 0.2) is 5.58 Å². The Kier molecular flexibility index (Phi) is 4.14. The number of rotatable bonds is 3. The predicted octanol–water partition coefficient (Wildman–Crippen LogP) is 3.30. The molecule has 0 radical (unpaired) electrons. The lowest BCUT2D eigenvalue weighted by atomic mass is 9.84. The summed E-state index contributed by atoms with van der Waals surface area (Å²) in [6.07, 6.45) is 7.74. The quantitative estimate of drug-likeness (QED) is 0.718. The van der Waals surface area contributed by atoms with Crippen LogP contribution in [0.5, 0.6) is 0 Å². The van der Waals surface area contributed by atoms with Gasteiger partial charge >= 0.3 is 0 Å². The molecule has 6 rings (SSSR count). The van der Waals surface area contributed by atoms with E-state index >= 15 is 0 Å². The van der Waals surface area contributed by atoms with E-state index in [2.05, 4.69) is 21.1 Å². The van der Waals surface area contributed by atoms with Gasteiger partial charge in [-0.1, -0.05) is 12.0 Å². The van der Waals surface area contributed by atoms with Crippen molar-refractivity contribution in [1.82, 2.24) is 15.2 Å². The monoisotopic (exact) mass is 371 g/mol. The maximum absolute atomic E-state index is 13.0. The zero-order valence-corrected chi connectivity index (χ0v) is 15.5. The molecule has 2 aromatic carbocycles. The Morgan fingerprint density at radius 3 is 2.64 bits per heavy atom. The fraction of sp³-hybridized carbons (Fsp3) is 0.304. The lowest BCUT2D eigenvalue weighted by Crippen LogP contribution is -2.57. The van der Waals surface area contributed by atoms with Gasteiger partial charge in [0.05, 0.1) is 5.56 Å². The molecule has 3 aromatic rings. The van der Waals surface area contributed by atoms with Gasteiger partial charge in [0, 0.05) is 23.7 Å². The first kappa shape index (κ1) is 17.0. The molecule has 28 heavy (non-hydrogen) atoms. The van der Waals surface area contributed by atoms with E-state index in [-0.39, 0.29) is 11.9 Å². The van der Waals surface area contributed by atoms with Crippen LogP contribution in [0.1, 0.15) is 28.8 Å². The van der Waals surface area contributed by atoms with Gasteiger partial charge in [-0.3, -0.25) is 4.79 Å². The van der Waals surface area contributed by atoms with Crippen molar-refractivity contribution in [2.75, 3.05) is 19.6 Å². The number of benzene rings is 2. The first-order valence-electron chi connectivity index (χ1n) is 9.71. The van der Waals surface area contributed by atoms with Crippen molar-refractivity contribution in [1.29, 1.82) is 0 Å². The summed E-state index contributed by atoms with van der Waals surface area (Å²) < 4.78 is 5.91. The van der Waals surface area contributed by atoms with Crippen molar-refractivity contribution in [3.05, 3.63) is 53.6 Å². The highest BCUT2D eigenvalue weighted by Crippen LogP contribution is 2.29. The molecule has 3 fully saturated rings. The smallest absolute Gasteiger partial charge is 0.253 e. The van der Waals surface area contributed by atoms with E-state index in [4.69, 9.17) is 10.8 Å². The van der Waals surface area contributed by atoms with Gasteiger partial charge in [-0.2, -0.15) is 0 Å². The molecule has 1 amide bonds. The number of nitrogens with zero attached hydrogens (tertiary/aromatic N) is 2. The first-order valence-corrected chi connectivity index (χ1v) is 9.71. The van der Waals surface area contributed by atoms with Crippen molar-refractivity contribution in [3.63, 3.8) is 0 Å². The van der Waals surface area contributed by atoms with Gasteiger partial charge in [0.2, 0.25) is 5.89 Å². The second kappa shape index (κ2) is 6.81. The van der Waals surface area contributed by atoms with Crippen molar-refractivity contribution < 1.29 is 9.21 Å². The van der Waals surface area contributed by atoms with Crippen LogP contribution in [0.2, 0.25) is 0 Å². The molecule has 0 saturated carbocycles. The minimum Gasteiger partial charge on any atom is -0.436 e. The van der Waals surface area contributed by atoms with Crippen LogP contribution >= 0.6 is 0 Å². The zero-order valence-electron chi connectivity index (χ0n) is 15.5. The minimum atomic E-state index is -0.0770. The molecular formula is C23H21N3O2. The second-order valence-electron chi connectivity index (χ2n) is 7.61. The number of hydrogen-bond acceptors (Lipinski definition) is 4. The SMILES string of the molecule is C#Cc1ccc(-c2nc3c(C(=O)NC4CN5CCC4CC5)cccc3o2)cc1. The summed E-state index contributed by atoms with van der Waals surface area (Å²) in [5, 5.41) is 3.24. The topological polar surface area (TPSA) is 58.4 Å². The van der Waals surface area contributed by atoms with Gasteiger partial charge in [0.1, 0.15) is 5.52 Å². The van der Waals surface area contributed by atoms with Crippen LogP contribution in [-0.2, 0) is 0 Å². The van der Waals surface area contributed by atoms with Gasteiger partial charge in [-0.25, -0.2) is 4.98 Å². The van der Waals surface area contributed by atoms with Crippen LogP contribution in [0.3, 0.4) is 0 Å². The summed E-state index contributed by atoms with van der Waals surface area (Å²) >= 11 is 0. The largest absolute Gasteiger partial charge is 0.436 e. The van der Waals surface area contributed by atoms with Gasteiger partial charge in [-0.15, -0.1) is 6.42 Å². The maximum atomic E-state index is 13.0. The van der Waals surface area contributed by atoms with E-state index in [1.54, 1.807) is 0 Å². The Morgan fingerprint density at radius 2 is 1.96 bits per heavy atom. The summed E-state index contributed by atoms with van der Waals surface area (Å²) in [4.78, 5) is 20.0. The Bertz CT molecular complexity index is 1070. The third-order valence-electron chi connectivity index (χ3n) is 5.93. The fourth-order valence-corrected chi connectivity index (χ4v) is 4.34. The molecule has 1 unspecified atom stereocenters. The number of amides is 1. The average Bonchev–Trinajstić information content (AvgIpc) is 3.19. The number of fused-ring (bicyclic) bond motifs is 4. The molecule has 3 aliphatic heterocycles. The zero-order chi connectivity index (χ0) is 19.1. The van der Waals surface area contributed by atoms with Crippen LogP contribution in [0, 0.1) is 18.3 Å². The lowest BCUT2D eigenvalue weighted by Gasteiger charge is -2.44. The molecule has 140 valence electrons. The van der Waals surface area contributed by atoms with Crippen LogP contribution in [0.15, 0.2) is 46.9 Å². The summed E-state index contributed by atoms with van der Waals surface area (Å²) in [7, 11) is 0. The van der Waals surface area contributed by atoms with Crippen molar-refractivity contribution >= 4 is 17.0 Å². The fourth-order valence-electron chi connectivity index (χ4n) is 4.34. The maximum Gasteiger partial charge on any atom is 0.253 e. The molecule has 1 N–H and O–H groups in total. The molecule has 3 aliphatic rings. The Morgan fingerprint density at radius 1 is 1.18 bits per heavy atom. The second-order valence-corrected chi connectivity index (χ2v) is 7.61. The number of aromatic nitrogens is 1. The number of carbonyl (C=O) groups excluding carboxylic acids is 1. The summed E-state index contributed by atoms with van der Waals surface area (Å²) in [5.41, 5.74) is 3.40. The Labute approximate surface area is 163 Å². The van der Waals surface area contributed by atoms with Gasteiger partial charge < -0.3 is 14.6 Å². The highest BCUT2D eigenvalue weighted by molar-refractivity contribution is 6.05. The molecule has 0 aliphatic carbocycles. The molecule has 4 heterocycles. The normalized spacial score (nSPS) is 23.5. The van der Waals surface area contributed by atoms with Gasteiger partial charge in [-0.05, 0) is 68.2 Å². The van der Waals surface area contributed by atoms with Crippen LogP contribution in [-0.4, -0.2) is 41.5 Å². The predicted molar refractivity (Wildman–Crippen MR) is 108 cm³/mol. The van der Waals surface area contributed by atoms with E-state index in [0.29, 0.717) is 28.5 Å². The molecule has 1 atom stereocenters. The van der Waals surface area contributed by atoms with E-state index in [1.807, 2.05) is 42.5 Å². The number of piperidine rings is 3. The lowest BCUT2D eigenvalue weighted by molar-refractivity contribution is 0.0621. The molecule has 2 bridgehead atoms. The number of carbonyl (C=O) groups is 1. The molecule has 1 aromatic heterocycles. The Balaban J connectivity index is 1.44. The van der Waals surface area contributed by atoms with Crippen molar-refractivity contribution in [3.8, 4) is 23.8 Å². The van der Waals surface area contributed by atoms with Crippen LogP contribution in [0.4, 0.5) is 0 Å². The summed E-state index contributed by atoms with van der Waals surface area (Å²) in [6, 6.07) is 13.2. The molecular weight excluding hydrogens is 350 g/mol. The van der Waals surface area contributed by atoms with E-state index in [1.165, 1.54) is 0 Å². The summed E-state index contributed by atoms with van der Waals surface area (Å²) in [5.74, 6) is 3.59. The summed E-state index contributed by atoms with van der Waals surface area (Å²) in [6.45, 7) is 3.24. The molecule has 3 saturated heterocycles. The standard InChI is InChI=1S/C23H21N3O2/c1-2-15-6-8-17(9-7-15)23-25-21-18(4-3-5-20(21)28-23)22(27)24-19-14-26-12-10-16(19)11-13-26/h1,3-9,16,19H,10-14H2,(H,24,27). The van der Waals surface area contributed by atoms with Gasteiger partial charge in [0.25, 0.3) is 5.91 Å². The first-order chi connectivity index (χ1) is 13.7. The highest BCUT2D eigenvalue weighted by Gasteiger charge is 2.35. The molecule has 5 heteroatoms. The molecule has 5 nitrogen and oxygen atoms in total. The Hall–Kier alpha value is -3.10. The third-order valence-corrected chi connectivity index (χ3v) is 5.93. The third kappa shape index (κ3) is 2.96. The average molecular weight is 371 g/mol. The number of oxazole rings is 1. The van der Waals surface area contributed by atoms with Crippen molar-refractivity contribution in [2.24, 2.45) is 5.92 Å². The van der Waals surface area contributed by atoms with E-state index in [0.717, 1.165) is 43.6 Å².